The highest BCUT2D eigenvalue weighted by molar-refractivity contribution is 9.10. The third kappa shape index (κ3) is 2.76. The van der Waals surface area contributed by atoms with Crippen molar-refractivity contribution in [3.05, 3.63) is 45.1 Å². The van der Waals surface area contributed by atoms with Crippen LogP contribution in [0.4, 0.5) is 0 Å². The van der Waals surface area contributed by atoms with Crippen LogP contribution in [0.5, 0.6) is 5.75 Å². The minimum Gasteiger partial charge on any atom is -0.496 e. The smallest absolute Gasteiger partial charge is 0.124 e. The molecule has 0 aliphatic rings. The number of halogens is 2. The summed E-state index contributed by atoms with van der Waals surface area (Å²) >= 11 is 9.53. The van der Waals surface area contributed by atoms with Crippen LogP contribution in [0.25, 0.3) is 0 Å². The van der Waals surface area contributed by atoms with E-state index in [0.717, 1.165) is 15.7 Å². The Morgan fingerprint density at radius 2 is 2.26 bits per heavy atom. The molecule has 0 bridgehead atoms. The summed E-state index contributed by atoms with van der Waals surface area (Å²) in [5.74, 6) is 6.41. The summed E-state index contributed by atoms with van der Waals surface area (Å²) in [5, 5.41) is 4.81. The van der Waals surface area contributed by atoms with E-state index in [-0.39, 0.29) is 6.04 Å². The molecule has 0 amide bonds. The van der Waals surface area contributed by atoms with E-state index in [1.54, 1.807) is 24.1 Å². The van der Waals surface area contributed by atoms with E-state index >= 15 is 0 Å². The summed E-state index contributed by atoms with van der Waals surface area (Å²) < 4.78 is 7.97. The summed E-state index contributed by atoms with van der Waals surface area (Å²) in [7, 11) is 3.46. The Hall–Kier alpha value is -1.08. The number of ether oxygens (including phenoxy) is 1. The van der Waals surface area contributed by atoms with Crippen molar-refractivity contribution in [2.45, 2.75) is 6.04 Å². The first-order chi connectivity index (χ1) is 9.08. The van der Waals surface area contributed by atoms with Crippen LogP contribution in [-0.2, 0) is 7.05 Å². The Kier molecular flexibility index (Phi) is 4.46. The molecule has 3 N–H and O–H groups in total. The Bertz CT molecular complexity index is 568. The molecule has 5 nitrogen and oxygen atoms in total. The SMILES string of the molecule is COc1ccc(Cl)cc1C(NN)c1c(Br)cnn1C. The quantitative estimate of drug-likeness (QED) is 0.660. The summed E-state index contributed by atoms with van der Waals surface area (Å²) in [5.41, 5.74) is 4.52. The monoisotopic (exact) mass is 344 g/mol. The minimum absolute atomic E-state index is 0.282. The molecule has 1 aromatic carbocycles. The third-order valence-electron chi connectivity index (χ3n) is 2.88. The standard InChI is InChI=1S/C12H14BrClN4O/c1-18-12(9(13)6-16-18)11(17-15)8-5-7(14)3-4-10(8)19-2/h3-6,11,17H,15H2,1-2H3. The minimum atomic E-state index is -0.282. The fourth-order valence-electron chi connectivity index (χ4n) is 1.99. The summed E-state index contributed by atoms with van der Waals surface area (Å²) in [6.07, 6.45) is 1.72. The molecule has 0 aliphatic carbocycles. The van der Waals surface area contributed by atoms with Gasteiger partial charge in [0.05, 0.1) is 29.5 Å². The highest BCUT2D eigenvalue weighted by Gasteiger charge is 2.23. The first-order valence-electron chi connectivity index (χ1n) is 5.55. The maximum absolute atomic E-state index is 6.06. The molecule has 1 aromatic heterocycles. The van der Waals surface area contributed by atoms with Crippen molar-refractivity contribution in [2.75, 3.05) is 7.11 Å². The van der Waals surface area contributed by atoms with Gasteiger partial charge in [0.1, 0.15) is 5.75 Å². The molecule has 2 rings (SSSR count). The topological polar surface area (TPSA) is 65.1 Å². The van der Waals surface area contributed by atoms with Gasteiger partial charge in [-0.15, -0.1) is 0 Å². The molecule has 2 aromatic rings. The predicted octanol–water partition coefficient (Wildman–Crippen LogP) is 2.40. The van der Waals surface area contributed by atoms with Crippen molar-refractivity contribution < 1.29 is 4.74 Å². The van der Waals surface area contributed by atoms with Crippen LogP contribution < -0.4 is 16.0 Å². The normalized spacial score (nSPS) is 12.5. The number of aryl methyl sites for hydroxylation is 1. The molecule has 1 heterocycles. The van der Waals surface area contributed by atoms with Crippen LogP contribution in [0.2, 0.25) is 5.02 Å². The van der Waals surface area contributed by atoms with Gasteiger partial charge < -0.3 is 4.74 Å². The molecule has 1 unspecified atom stereocenters. The molecule has 0 saturated carbocycles. The lowest BCUT2D eigenvalue weighted by Crippen LogP contribution is -2.31. The zero-order chi connectivity index (χ0) is 14.0. The zero-order valence-electron chi connectivity index (χ0n) is 10.5. The van der Waals surface area contributed by atoms with Gasteiger partial charge in [-0.25, -0.2) is 5.43 Å². The molecule has 0 fully saturated rings. The second-order valence-corrected chi connectivity index (χ2v) is 5.28. The molecule has 0 radical (unpaired) electrons. The molecule has 1 atom stereocenters. The first kappa shape index (κ1) is 14.3. The van der Waals surface area contributed by atoms with Crippen molar-refractivity contribution in [1.29, 1.82) is 0 Å². The van der Waals surface area contributed by atoms with Crippen LogP contribution >= 0.6 is 27.5 Å². The number of hydrazine groups is 1. The fraction of sp³-hybridized carbons (Fsp3) is 0.250. The molecule has 19 heavy (non-hydrogen) atoms. The second-order valence-electron chi connectivity index (χ2n) is 3.99. The van der Waals surface area contributed by atoms with Gasteiger partial charge in [-0.05, 0) is 34.1 Å². The van der Waals surface area contributed by atoms with Crippen molar-refractivity contribution in [3.8, 4) is 5.75 Å². The van der Waals surface area contributed by atoms with Crippen molar-refractivity contribution in [1.82, 2.24) is 15.2 Å². The van der Waals surface area contributed by atoms with E-state index < -0.39 is 0 Å². The molecule has 0 saturated heterocycles. The van der Waals surface area contributed by atoms with Crippen LogP contribution in [0.15, 0.2) is 28.9 Å². The lowest BCUT2D eigenvalue weighted by molar-refractivity contribution is 0.402. The summed E-state index contributed by atoms with van der Waals surface area (Å²) in [6.45, 7) is 0. The lowest BCUT2D eigenvalue weighted by atomic mass is 10.0. The largest absolute Gasteiger partial charge is 0.496 e. The molecule has 7 heteroatoms. The Balaban J connectivity index is 2.57. The summed E-state index contributed by atoms with van der Waals surface area (Å²) in [4.78, 5) is 0. The van der Waals surface area contributed by atoms with Gasteiger partial charge in [0.25, 0.3) is 0 Å². The number of nitrogens with zero attached hydrogens (tertiary/aromatic N) is 2. The van der Waals surface area contributed by atoms with Crippen molar-refractivity contribution in [3.63, 3.8) is 0 Å². The van der Waals surface area contributed by atoms with Crippen LogP contribution in [-0.4, -0.2) is 16.9 Å². The van der Waals surface area contributed by atoms with Crippen molar-refractivity contribution in [2.24, 2.45) is 12.9 Å². The lowest BCUT2D eigenvalue weighted by Gasteiger charge is -2.20. The third-order valence-corrected chi connectivity index (χ3v) is 3.73. The van der Waals surface area contributed by atoms with E-state index in [2.05, 4.69) is 26.5 Å². The van der Waals surface area contributed by atoms with Gasteiger partial charge in [-0.1, -0.05) is 11.6 Å². The number of nitrogens with one attached hydrogen (secondary N) is 1. The maximum atomic E-state index is 6.06. The molecule has 0 aliphatic heterocycles. The summed E-state index contributed by atoms with van der Waals surface area (Å²) in [6, 6.07) is 5.13. The van der Waals surface area contributed by atoms with Gasteiger partial charge in [0.15, 0.2) is 0 Å². The second kappa shape index (κ2) is 5.92. The Labute approximate surface area is 124 Å². The fourth-order valence-corrected chi connectivity index (χ4v) is 2.75. The van der Waals surface area contributed by atoms with Crippen LogP contribution in [0, 0.1) is 0 Å². The van der Waals surface area contributed by atoms with E-state index in [1.165, 1.54) is 0 Å². The molecule has 0 spiro atoms. The highest BCUT2D eigenvalue weighted by atomic mass is 79.9. The highest BCUT2D eigenvalue weighted by Crippen LogP contribution is 2.34. The van der Waals surface area contributed by atoms with Gasteiger partial charge >= 0.3 is 0 Å². The predicted molar refractivity (Wildman–Crippen MR) is 78.1 cm³/mol. The number of methoxy groups -OCH3 is 1. The van der Waals surface area contributed by atoms with Gasteiger partial charge in [-0.2, -0.15) is 5.10 Å². The van der Waals surface area contributed by atoms with E-state index in [9.17, 15) is 0 Å². The number of rotatable bonds is 4. The first-order valence-corrected chi connectivity index (χ1v) is 6.72. The number of nitrogens with two attached hydrogens (primary N) is 1. The Morgan fingerprint density at radius 1 is 1.53 bits per heavy atom. The van der Waals surface area contributed by atoms with E-state index in [0.29, 0.717) is 10.8 Å². The average molecular weight is 346 g/mol. The molecule has 102 valence electrons. The van der Waals surface area contributed by atoms with Gasteiger partial charge in [-0.3, -0.25) is 10.5 Å². The number of aromatic nitrogens is 2. The number of benzene rings is 1. The van der Waals surface area contributed by atoms with Crippen molar-refractivity contribution >= 4 is 27.5 Å². The van der Waals surface area contributed by atoms with E-state index in [4.69, 9.17) is 22.2 Å². The number of hydrogen-bond acceptors (Lipinski definition) is 4. The number of hydrogen-bond donors (Lipinski definition) is 2. The maximum Gasteiger partial charge on any atom is 0.124 e. The van der Waals surface area contributed by atoms with Crippen LogP contribution in [0.1, 0.15) is 17.3 Å². The van der Waals surface area contributed by atoms with E-state index in [1.807, 2.05) is 19.2 Å². The van der Waals surface area contributed by atoms with Gasteiger partial charge in [0.2, 0.25) is 0 Å². The van der Waals surface area contributed by atoms with Gasteiger partial charge in [0, 0.05) is 17.6 Å². The van der Waals surface area contributed by atoms with Crippen LogP contribution in [0.3, 0.4) is 0 Å². The zero-order valence-corrected chi connectivity index (χ0v) is 12.9. The Morgan fingerprint density at radius 3 is 2.79 bits per heavy atom. The molecular weight excluding hydrogens is 332 g/mol. The molecular formula is C12H14BrClN4O. The average Bonchev–Trinajstić information content (AvgIpc) is 2.72.